The summed E-state index contributed by atoms with van der Waals surface area (Å²) in [4.78, 5) is 2.19. The predicted octanol–water partition coefficient (Wildman–Crippen LogP) is 1.29. The van der Waals surface area contributed by atoms with Crippen LogP contribution in [0.25, 0.3) is 0 Å². The molecule has 0 spiro atoms. The Morgan fingerprint density at radius 1 is 1.50 bits per heavy atom. The molecule has 0 bridgehead atoms. The summed E-state index contributed by atoms with van der Waals surface area (Å²) in [5.41, 5.74) is 3.58. The van der Waals surface area contributed by atoms with E-state index in [1.807, 2.05) is 0 Å². The molecule has 1 heterocycles. The second-order valence-electron chi connectivity index (χ2n) is 2.80. The lowest BCUT2D eigenvalue weighted by molar-refractivity contribution is 0.416. The molecule has 1 aliphatic heterocycles. The molecule has 2 heteroatoms. The summed E-state index contributed by atoms with van der Waals surface area (Å²) in [5.74, 6) is 0. The first kappa shape index (κ1) is 7.19. The van der Waals surface area contributed by atoms with Crippen LogP contribution in [0.1, 0.15) is 13.8 Å². The number of rotatable bonds is 0. The van der Waals surface area contributed by atoms with E-state index in [1.165, 1.54) is 11.4 Å². The molecule has 0 aliphatic carbocycles. The molecule has 2 nitrogen and oxygen atoms in total. The first-order valence-corrected chi connectivity index (χ1v) is 3.44. The van der Waals surface area contributed by atoms with Gasteiger partial charge in [-0.1, -0.05) is 6.58 Å². The van der Waals surface area contributed by atoms with Crippen LogP contribution in [0.2, 0.25) is 0 Å². The lowest BCUT2D eigenvalue weighted by atomic mass is 10.2. The fourth-order valence-electron chi connectivity index (χ4n) is 1.09. The first-order valence-electron chi connectivity index (χ1n) is 3.44. The molecule has 56 valence electrons. The summed E-state index contributed by atoms with van der Waals surface area (Å²) in [6.45, 7) is 8.95. The second kappa shape index (κ2) is 2.37. The van der Waals surface area contributed by atoms with Crippen molar-refractivity contribution >= 4 is 0 Å². The van der Waals surface area contributed by atoms with Crippen LogP contribution in [0.15, 0.2) is 23.7 Å². The fraction of sp³-hybridized carbons (Fsp3) is 0.500. The molecule has 1 aliphatic rings. The van der Waals surface area contributed by atoms with E-state index in [1.54, 1.807) is 0 Å². The Balaban J connectivity index is 2.84. The van der Waals surface area contributed by atoms with Gasteiger partial charge in [-0.25, -0.2) is 0 Å². The van der Waals surface area contributed by atoms with Gasteiger partial charge in [-0.15, -0.1) is 0 Å². The summed E-state index contributed by atoms with van der Waals surface area (Å²) in [5, 5.41) is 3.20. The van der Waals surface area contributed by atoms with Crippen LogP contribution in [0.5, 0.6) is 0 Å². The van der Waals surface area contributed by atoms with Crippen LogP contribution in [0.3, 0.4) is 0 Å². The SMILES string of the molecule is C=C1CN(C)C(C)=C(C)N1. The molecule has 1 N–H and O–H groups in total. The Hall–Kier alpha value is -0.920. The number of likely N-dealkylation sites (N-methyl/N-ethyl adjacent to an activating group) is 1. The quantitative estimate of drug-likeness (QED) is 0.542. The number of nitrogens with one attached hydrogen (secondary N) is 1. The van der Waals surface area contributed by atoms with Crippen molar-refractivity contribution < 1.29 is 0 Å². The molecule has 0 aromatic carbocycles. The van der Waals surface area contributed by atoms with Crippen LogP contribution in [-0.4, -0.2) is 18.5 Å². The van der Waals surface area contributed by atoms with Crippen molar-refractivity contribution in [3.05, 3.63) is 23.7 Å². The van der Waals surface area contributed by atoms with Crippen LogP contribution < -0.4 is 5.32 Å². The number of nitrogens with zero attached hydrogens (tertiary/aromatic N) is 1. The highest BCUT2D eigenvalue weighted by atomic mass is 15.2. The van der Waals surface area contributed by atoms with Gasteiger partial charge in [-0.3, -0.25) is 0 Å². The molecule has 0 aromatic heterocycles. The van der Waals surface area contributed by atoms with E-state index < -0.39 is 0 Å². The van der Waals surface area contributed by atoms with Crippen molar-refractivity contribution in [1.29, 1.82) is 0 Å². The van der Waals surface area contributed by atoms with Crippen molar-refractivity contribution in [1.82, 2.24) is 10.2 Å². The molecule has 0 fully saturated rings. The Morgan fingerprint density at radius 2 is 2.10 bits per heavy atom. The Morgan fingerprint density at radius 3 is 2.60 bits per heavy atom. The summed E-state index contributed by atoms with van der Waals surface area (Å²) in [7, 11) is 2.07. The summed E-state index contributed by atoms with van der Waals surface area (Å²) >= 11 is 0. The van der Waals surface area contributed by atoms with Crippen LogP contribution in [-0.2, 0) is 0 Å². The van der Waals surface area contributed by atoms with Gasteiger partial charge in [0, 0.05) is 24.1 Å². The minimum atomic E-state index is 0.920. The van der Waals surface area contributed by atoms with Gasteiger partial charge in [-0.05, 0) is 13.8 Å². The van der Waals surface area contributed by atoms with E-state index in [-0.39, 0.29) is 0 Å². The van der Waals surface area contributed by atoms with Gasteiger partial charge in [0.15, 0.2) is 0 Å². The Labute approximate surface area is 62.2 Å². The molecule has 0 saturated carbocycles. The zero-order chi connectivity index (χ0) is 7.72. The van der Waals surface area contributed by atoms with Gasteiger partial charge in [0.1, 0.15) is 0 Å². The van der Waals surface area contributed by atoms with E-state index in [0.717, 1.165) is 12.2 Å². The van der Waals surface area contributed by atoms with Gasteiger partial charge >= 0.3 is 0 Å². The average Bonchev–Trinajstić information content (AvgIpc) is 1.82. The van der Waals surface area contributed by atoms with Crippen molar-refractivity contribution in [3.8, 4) is 0 Å². The van der Waals surface area contributed by atoms with E-state index in [9.17, 15) is 0 Å². The van der Waals surface area contributed by atoms with Gasteiger partial charge in [0.25, 0.3) is 0 Å². The van der Waals surface area contributed by atoms with Gasteiger partial charge < -0.3 is 10.2 Å². The maximum Gasteiger partial charge on any atom is 0.0568 e. The van der Waals surface area contributed by atoms with Crippen LogP contribution in [0, 0.1) is 0 Å². The summed E-state index contributed by atoms with van der Waals surface area (Å²) in [6.07, 6.45) is 0. The number of allylic oxidation sites excluding steroid dienone is 2. The fourth-order valence-corrected chi connectivity index (χ4v) is 1.09. The first-order chi connectivity index (χ1) is 4.61. The number of hydrogen-bond acceptors (Lipinski definition) is 2. The molecule has 0 saturated heterocycles. The Kier molecular flexibility index (Phi) is 1.70. The van der Waals surface area contributed by atoms with E-state index in [4.69, 9.17) is 0 Å². The third kappa shape index (κ3) is 1.15. The third-order valence-corrected chi connectivity index (χ3v) is 1.91. The predicted molar refractivity (Wildman–Crippen MR) is 43.3 cm³/mol. The maximum atomic E-state index is 3.86. The highest BCUT2D eigenvalue weighted by Crippen LogP contribution is 2.12. The summed E-state index contributed by atoms with van der Waals surface area (Å²) < 4.78 is 0. The highest BCUT2D eigenvalue weighted by molar-refractivity contribution is 5.19. The molecule has 10 heavy (non-hydrogen) atoms. The lowest BCUT2D eigenvalue weighted by Gasteiger charge is -2.29. The molecular weight excluding hydrogens is 124 g/mol. The smallest absolute Gasteiger partial charge is 0.0568 e. The molecule has 0 radical (unpaired) electrons. The summed E-state index contributed by atoms with van der Waals surface area (Å²) in [6, 6.07) is 0. The van der Waals surface area contributed by atoms with Crippen molar-refractivity contribution in [2.45, 2.75) is 13.8 Å². The minimum Gasteiger partial charge on any atom is -0.371 e. The van der Waals surface area contributed by atoms with Gasteiger partial charge in [0.2, 0.25) is 0 Å². The van der Waals surface area contributed by atoms with Crippen molar-refractivity contribution in [2.75, 3.05) is 13.6 Å². The maximum absolute atomic E-state index is 3.86. The van der Waals surface area contributed by atoms with E-state index >= 15 is 0 Å². The minimum absolute atomic E-state index is 0.920. The molecule has 0 atom stereocenters. The topological polar surface area (TPSA) is 15.3 Å². The van der Waals surface area contributed by atoms with E-state index in [2.05, 4.69) is 37.7 Å². The highest BCUT2D eigenvalue weighted by Gasteiger charge is 2.10. The van der Waals surface area contributed by atoms with Crippen molar-refractivity contribution in [3.63, 3.8) is 0 Å². The van der Waals surface area contributed by atoms with Crippen LogP contribution >= 0.6 is 0 Å². The molecular formula is C8H14N2. The van der Waals surface area contributed by atoms with Crippen molar-refractivity contribution in [2.24, 2.45) is 0 Å². The zero-order valence-electron chi connectivity index (χ0n) is 6.86. The largest absolute Gasteiger partial charge is 0.371 e. The second-order valence-corrected chi connectivity index (χ2v) is 2.80. The van der Waals surface area contributed by atoms with E-state index in [0.29, 0.717) is 0 Å². The molecule has 0 amide bonds. The van der Waals surface area contributed by atoms with Gasteiger partial charge in [0.05, 0.1) is 6.54 Å². The lowest BCUT2D eigenvalue weighted by Crippen LogP contribution is -2.32. The molecule has 1 rings (SSSR count). The Bertz CT molecular complexity index is 191. The van der Waals surface area contributed by atoms with Crippen LogP contribution in [0.4, 0.5) is 0 Å². The number of hydrogen-bond donors (Lipinski definition) is 1. The third-order valence-electron chi connectivity index (χ3n) is 1.91. The monoisotopic (exact) mass is 138 g/mol. The standard InChI is InChI=1S/C8H14N2/c1-6-5-10(4)8(3)7(2)9-6/h9H,1,5H2,2-4H3. The normalized spacial score (nSPS) is 19.5. The van der Waals surface area contributed by atoms with Gasteiger partial charge in [-0.2, -0.15) is 0 Å². The molecule has 0 aromatic rings. The molecule has 0 unspecified atom stereocenters. The zero-order valence-corrected chi connectivity index (χ0v) is 6.86. The average molecular weight is 138 g/mol.